The lowest BCUT2D eigenvalue weighted by Gasteiger charge is -2.22. The first kappa shape index (κ1) is 28.5. The Morgan fingerprint density at radius 3 is 2.41 bits per heavy atom. The number of rotatable bonds is 9. The summed E-state index contributed by atoms with van der Waals surface area (Å²) in [6.45, 7) is 4.03. The molecule has 37 heavy (non-hydrogen) atoms. The number of aliphatic hydroxyl groups is 1. The fourth-order valence-corrected chi connectivity index (χ4v) is 4.38. The van der Waals surface area contributed by atoms with E-state index >= 15 is 0 Å². The van der Waals surface area contributed by atoms with Crippen molar-refractivity contribution < 1.29 is 14.6 Å². The van der Waals surface area contributed by atoms with Crippen molar-refractivity contribution in [1.29, 1.82) is 0 Å². The highest BCUT2D eigenvalue weighted by molar-refractivity contribution is 6.40. The summed E-state index contributed by atoms with van der Waals surface area (Å²) in [6, 6.07) is 13.1. The maximum Gasteiger partial charge on any atom is 0.329 e. The number of hydrogen-bond donors (Lipinski definition) is 1. The summed E-state index contributed by atoms with van der Waals surface area (Å²) < 4.78 is 8.99. The lowest BCUT2D eigenvalue weighted by molar-refractivity contribution is 0.184. The largest absolute Gasteiger partial charge is 0.489 e. The van der Waals surface area contributed by atoms with Crippen LogP contribution in [-0.4, -0.2) is 54.8 Å². The number of halogens is 3. The van der Waals surface area contributed by atoms with Crippen molar-refractivity contribution in [2.24, 2.45) is 0 Å². The number of aromatic nitrogens is 4. The number of nitrogens with zero attached hydrogens (tertiary/aromatic N) is 5. The molecule has 4 rings (SSSR count). The highest BCUT2D eigenvalue weighted by atomic mass is 35.5. The lowest BCUT2D eigenvalue weighted by Crippen LogP contribution is -2.37. The first-order valence-electron chi connectivity index (χ1n) is 11.6. The molecule has 0 atom stereocenters. The smallest absolute Gasteiger partial charge is 0.329 e. The molecule has 0 aliphatic carbocycles. The Morgan fingerprint density at radius 1 is 1.05 bits per heavy atom. The van der Waals surface area contributed by atoms with E-state index in [4.69, 9.17) is 44.6 Å². The van der Waals surface area contributed by atoms with Crippen LogP contribution in [0.2, 0.25) is 15.1 Å². The normalized spacial score (nSPS) is 10.5. The van der Waals surface area contributed by atoms with Crippen LogP contribution >= 0.6 is 34.8 Å². The average Bonchev–Trinajstić information content (AvgIpc) is 3.58. The molecule has 2 aromatic heterocycles. The second-order valence-electron chi connectivity index (χ2n) is 7.90. The van der Waals surface area contributed by atoms with E-state index in [2.05, 4.69) is 22.1 Å². The van der Waals surface area contributed by atoms with Crippen molar-refractivity contribution in [3.63, 3.8) is 0 Å². The van der Waals surface area contributed by atoms with Crippen LogP contribution in [0.25, 0.3) is 0 Å². The molecule has 0 saturated carbocycles. The van der Waals surface area contributed by atoms with Crippen LogP contribution < -0.4 is 4.74 Å². The molecule has 1 amide bonds. The molecule has 1 N–H and O–H groups in total. The molecule has 11 heteroatoms. The summed E-state index contributed by atoms with van der Waals surface area (Å²) in [5.41, 5.74) is 1.21. The number of benzene rings is 2. The first-order valence-corrected chi connectivity index (χ1v) is 12.8. The van der Waals surface area contributed by atoms with Crippen LogP contribution in [0.3, 0.4) is 0 Å². The van der Waals surface area contributed by atoms with Crippen LogP contribution in [0.5, 0.6) is 5.75 Å². The SMILES string of the molecule is CCCN(CCOc1c(Cl)cc(Cl)cc1Cl)C(=O)n1ccnc1.OCc1nccn1Cc1ccccc1. The van der Waals surface area contributed by atoms with Gasteiger partial charge in [-0.25, -0.2) is 14.8 Å². The van der Waals surface area contributed by atoms with Gasteiger partial charge in [-0.15, -0.1) is 0 Å². The second-order valence-corrected chi connectivity index (χ2v) is 9.15. The number of aliphatic hydroxyl groups excluding tert-OH is 1. The fourth-order valence-electron chi connectivity index (χ4n) is 3.45. The van der Waals surface area contributed by atoms with Gasteiger partial charge in [-0.3, -0.25) is 4.57 Å². The Kier molecular flexibility index (Phi) is 11.3. The van der Waals surface area contributed by atoms with Gasteiger partial charge >= 0.3 is 6.03 Å². The van der Waals surface area contributed by atoms with Gasteiger partial charge in [0.1, 0.15) is 25.4 Å². The molecule has 0 radical (unpaired) electrons. The van der Waals surface area contributed by atoms with E-state index in [-0.39, 0.29) is 19.2 Å². The topological polar surface area (TPSA) is 85.4 Å². The zero-order chi connectivity index (χ0) is 26.6. The summed E-state index contributed by atoms with van der Waals surface area (Å²) in [5, 5.41) is 10.1. The van der Waals surface area contributed by atoms with Crippen LogP contribution in [0, 0.1) is 0 Å². The maximum atomic E-state index is 12.3. The summed E-state index contributed by atoms with van der Waals surface area (Å²) >= 11 is 18.0. The minimum Gasteiger partial charge on any atom is -0.489 e. The number of carbonyl (C=O) groups is 1. The van der Waals surface area contributed by atoms with E-state index in [1.165, 1.54) is 16.5 Å². The van der Waals surface area contributed by atoms with Crippen LogP contribution in [-0.2, 0) is 13.2 Å². The summed E-state index contributed by atoms with van der Waals surface area (Å²) in [6.07, 6.45) is 9.05. The van der Waals surface area contributed by atoms with Crippen molar-refractivity contribution in [3.05, 3.63) is 100 Å². The van der Waals surface area contributed by atoms with Gasteiger partial charge in [0.2, 0.25) is 0 Å². The molecule has 0 fully saturated rings. The van der Waals surface area contributed by atoms with Gasteiger partial charge in [-0.2, -0.15) is 0 Å². The van der Waals surface area contributed by atoms with Gasteiger partial charge in [-0.05, 0) is 24.1 Å². The molecule has 0 saturated heterocycles. The molecule has 196 valence electrons. The number of amides is 1. The highest BCUT2D eigenvalue weighted by Crippen LogP contribution is 2.35. The molecule has 0 aliphatic rings. The average molecular weight is 565 g/mol. The number of hydrogen-bond acceptors (Lipinski definition) is 5. The molecule has 0 spiro atoms. The summed E-state index contributed by atoms with van der Waals surface area (Å²) in [5.74, 6) is 1.07. The molecule has 0 unspecified atom stereocenters. The Hall–Kier alpha value is -3.04. The zero-order valence-electron chi connectivity index (χ0n) is 20.3. The molecule has 2 aromatic carbocycles. The van der Waals surface area contributed by atoms with Gasteiger partial charge < -0.3 is 19.3 Å². The van der Waals surface area contributed by atoms with Gasteiger partial charge in [0.15, 0.2) is 5.75 Å². The predicted octanol–water partition coefficient (Wildman–Crippen LogP) is 6.03. The Bertz CT molecular complexity index is 1230. The van der Waals surface area contributed by atoms with Gasteiger partial charge in [0.05, 0.1) is 16.6 Å². The highest BCUT2D eigenvalue weighted by Gasteiger charge is 2.15. The van der Waals surface area contributed by atoms with E-state index in [9.17, 15) is 4.79 Å². The number of imidazole rings is 2. The Morgan fingerprint density at radius 2 is 1.78 bits per heavy atom. The zero-order valence-corrected chi connectivity index (χ0v) is 22.6. The third kappa shape index (κ3) is 8.50. The lowest BCUT2D eigenvalue weighted by atomic mass is 10.2. The molecular formula is C26H28Cl3N5O3. The quantitative estimate of drug-likeness (QED) is 0.268. The van der Waals surface area contributed by atoms with E-state index in [0.29, 0.717) is 39.7 Å². The van der Waals surface area contributed by atoms with Crippen molar-refractivity contribution in [3.8, 4) is 5.75 Å². The Labute approximate surface area is 231 Å². The third-order valence-electron chi connectivity index (χ3n) is 5.20. The molecule has 0 aliphatic heterocycles. The van der Waals surface area contributed by atoms with Crippen LogP contribution in [0.4, 0.5) is 4.79 Å². The third-order valence-corrected chi connectivity index (χ3v) is 5.98. The van der Waals surface area contributed by atoms with Crippen molar-refractivity contribution in [2.75, 3.05) is 19.7 Å². The standard InChI is InChI=1S/C15H16Cl3N3O2.C11H12N2O/c1-2-4-20(15(22)21-5-3-19-10-21)6-7-23-14-12(17)8-11(16)9-13(14)18;14-9-11-12-6-7-13(11)8-10-4-2-1-3-5-10/h3,5,8-10H,2,4,6-7H2,1H3;1-7,14H,8-9H2. The van der Waals surface area contributed by atoms with E-state index in [0.717, 1.165) is 13.0 Å². The van der Waals surface area contributed by atoms with E-state index in [1.807, 2.05) is 35.9 Å². The predicted molar refractivity (Wildman–Crippen MR) is 146 cm³/mol. The maximum absolute atomic E-state index is 12.3. The summed E-state index contributed by atoms with van der Waals surface area (Å²) in [7, 11) is 0. The number of carbonyl (C=O) groups excluding carboxylic acids is 1. The molecule has 8 nitrogen and oxygen atoms in total. The molecule has 4 aromatic rings. The molecular weight excluding hydrogens is 537 g/mol. The monoisotopic (exact) mass is 563 g/mol. The van der Waals surface area contributed by atoms with Crippen molar-refractivity contribution in [1.82, 2.24) is 24.0 Å². The Balaban J connectivity index is 0.000000231. The van der Waals surface area contributed by atoms with Crippen LogP contribution in [0.1, 0.15) is 24.7 Å². The van der Waals surface area contributed by atoms with Gasteiger partial charge in [-0.1, -0.05) is 72.1 Å². The van der Waals surface area contributed by atoms with E-state index < -0.39 is 0 Å². The fraction of sp³-hybridized carbons (Fsp3) is 0.269. The van der Waals surface area contributed by atoms with Crippen molar-refractivity contribution >= 4 is 40.8 Å². The minimum absolute atomic E-state index is 0.0141. The van der Waals surface area contributed by atoms with Crippen molar-refractivity contribution in [2.45, 2.75) is 26.5 Å². The van der Waals surface area contributed by atoms with Gasteiger partial charge in [0.25, 0.3) is 0 Å². The van der Waals surface area contributed by atoms with Gasteiger partial charge in [0, 0.05) is 42.9 Å². The second kappa shape index (κ2) is 14.6. The molecule has 0 bridgehead atoms. The van der Waals surface area contributed by atoms with E-state index in [1.54, 1.807) is 35.6 Å². The molecule has 2 heterocycles. The number of ether oxygens (including phenoxy) is 1. The first-order chi connectivity index (χ1) is 17.9. The van der Waals surface area contributed by atoms with Crippen LogP contribution in [0.15, 0.2) is 73.6 Å². The summed E-state index contributed by atoms with van der Waals surface area (Å²) in [4.78, 5) is 21.9. The minimum atomic E-state index is -0.152.